The van der Waals surface area contributed by atoms with Crippen molar-refractivity contribution in [3.05, 3.63) is 48.3 Å². The number of para-hydroxylation sites is 1. The SMILES string of the molecule is COc1ccc(-c2noc(-c3c(SC)nn(CC(=O)Nc4ccccc4F)c3N)n2)cc1OC. The van der Waals surface area contributed by atoms with Gasteiger partial charge < -0.3 is 25.0 Å². The zero-order valence-electron chi connectivity index (χ0n) is 18.5. The molecule has 2 aromatic heterocycles. The summed E-state index contributed by atoms with van der Waals surface area (Å²) in [4.78, 5) is 16.9. The first-order chi connectivity index (χ1) is 16.4. The molecule has 4 aromatic rings. The fourth-order valence-corrected chi connectivity index (χ4v) is 3.80. The Bertz CT molecular complexity index is 1340. The summed E-state index contributed by atoms with van der Waals surface area (Å²) in [5.41, 5.74) is 7.41. The third kappa shape index (κ3) is 4.53. The van der Waals surface area contributed by atoms with Crippen LogP contribution in [0.3, 0.4) is 0 Å². The van der Waals surface area contributed by atoms with Crippen LogP contribution in [0.1, 0.15) is 0 Å². The first-order valence-corrected chi connectivity index (χ1v) is 11.2. The number of nitrogens with zero attached hydrogens (tertiary/aromatic N) is 4. The summed E-state index contributed by atoms with van der Waals surface area (Å²) >= 11 is 1.31. The number of hydrogen-bond acceptors (Lipinski definition) is 9. The predicted molar refractivity (Wildman–Crippen MR) is 125 cm³/mol. The Morgan fingerprint density at radius 3 is 2.68 bits per heavy atom. The molecule has 0 fully saturated rings. The van der Waals surface area contributed by atoms with Crippen LogP contribution in [0.15, 0.2) is 52.0 Å². The Labute approximate surface area is 198 Å². The number of amides is 1. The molecule has 0 spiro atoms. The lowest BCUT2D eigenvalue weighted by atomic mass is 10.2. The number of nitrogen functional groups attached to an aromatic ring is 1. The third-order valence-electron chi connectivity index (χ3n) is 4.88. The van der Waals surface area contributed by atoms with Crippen LogP contribution < -0.4 is 20.5 Å². The van der Waals surface area contributed by atoms with E-state index in [4.69, 9.17) is 19.7 Å². The molecule has 2 heterocycles. The van der Waals surface area contributed by atoms with Gasteiger partial charge in [-0.1, -0.05) is 17.3 Å². The van der Waals surface area contributed by atoms with E-state index in [1.165, 1.54) is 41.8 Å². The molecule has 10 nitrogen and oxygen atoms in total. The molecule has 0 aliphatic heterocycles. The Morgan fingerprint density at radius 2 is 1.97 bits per heavy atom. The summed E-state index contributed by atoms with van der Waals surface area (Å²) < 4.78 is 31.2. The standard InChI is InChI=1S/C22H21FN6O4S/c1-31-15-9-8-12(10-16(15)32-2)20-26-21(33-28-20)18-19(24)29(27-22(18)34-3)11-17(30)25-14-7-5-4-6-13(14)23/h4-10H,11,24H2,1-3H3,(H,25,30). The molecule has 1 amide bonds. The van der Waals surface area contributed by atoms with Gasteiger partial charge in [0.25, 0.3) is 5.89 Å². The zero-order chi connectivity index (χ0) is 24.2. The van der Waals surface area contributed by atoms with Gasteiger partial charge in [-0.3, -0.25) is 4.79 Å². The summed E-state index contributed by atoms with van der Waals surface area (Å²) in [5, 5.41) is 11.4. The smallest absolute Gasteiger partial charge is 0.264 e. The van der Waals surface area contributed by atoms with Crippen molar-refractivity contribution in [3.8, 4) is 34.3 Å². The van der Waals surface area contributed by atoms with Crippen molar-refractivity contribution in [2.75, 3.05) is 31.5 Å². The number of carbonyl (C=O) groups excluding carboxylic acids is 1. The highest BCUT2D eigenvalue weighted by Crippen LogP contribution is 2.36. The minimum absolute atomic E-state index is 0.0694. The maximum atomic E-state index is 13.8. The number of methoxy groups -OCH3 is 2. The van der Waals surface area contributed by atoms with E-state index in [-0.39, 0.29) is 23.9 Å². The fraction of sp³-hybridized carbons (Fsp3) is 0.182. The van der Waals surface area contributed by atoms with Gasteiger partial charge in [0.1, 0.15) is 28.8 Å². The molecule has 0 saturated carbocycles. The highest BCUT2D eigenvalue weighted by molar-refractivity contribution is 7.98. The van der Waals surface area contributed by atoms with E-state index < -0.39 is 11.7 Å². The van der Waals surface area contributed by atoms with Crippen molar-refractivity contribution in [1.82, 2.24) is 19.9 Å². The van der Waals surface area contributed by atoms with Gasteiger partial charge in [0.2, 0.25) is 11.7 Å². The Balaban J connectivity index is 1.60. The lowest BCUT2D eigenvalue weighted by Crippen LogP contribution is -2.21. The van der Waals surface area contributed by atoms with Gasteiger partial charge in [0.15, 0.2) is 11.5 Å². The second-order valence-electron chi connectivity index (χ2n) is 6.95. The van der Waals surface area contributed by atoms with E-state index in [2.05, 4.69) is 20.6 Å². The van der Waals surface area contributed by atoms with Crippen LogP contribution in [0, 0.1) is 5.82 Å². The molecular weight excluding hydrogens is 463 g/mol. The van der Waals surface area contributed by atoms with E-state index in [1.54, 1.807) is 37.6 Å². The Kier molecular flexibility index (Phi) is 6.68. The second-order valence-corrected chi connectivity index (χ2v) is 7.74. The molecule has 0 unspecified atom stereocenters. The van der Waals surface area contributed by atoms with Gasteiger partial charge in [-0.2, -0.15) is 10.1 Å². The molecule has 0 radical (unpaired) electrons. The number of nitrogens with one attached hydrogen (secondary N) is 1. The van der Waals surface area contributed by atoms with Crippen molar-refractivity contribution >= 4 is 29.2 Å². The monoisotopic (exact) mass is 484 g/mol. The van der Waals surface area contributed by atoms with E-state index in [1.807, 2.05) is 0 Å². The summed E-state index contributed by atoms with van der Waals surface area (Å²) in [7, 11) is 3.08. The zero-order valence-corrected chi connectivity index (χ0v) is 19.4. The second kappa shape index (κ2) is 9.83. The minimum atomic E-state index is -0.539. The van der Waals surface area contributed by atoms with Crippen molar-refractivity contribution < 1.29 is 23.2 Å². The molecule has 12 heteroatoms. The molecule has 0 saturated heterocycles. The molecule has 2 aromatic carbocycles. The number of carbonyl (C=O) groups is 1. The van der Waals surface area contributed by atoms with Crippen molar-refractivity contribution in [3.63, 3.8) is 0 Å². The Hall–Kier alpha value is -4.06. The van der Waals surface area contributed by atoms with Gasteiger partial charge in [0, 0.05) is 5.56 Å². The highest BCUT2D eigenvalue weighted by atomic mass is 32.2. The number of aromatic nitrogens is 4. The van der Waals surface area contributed by atoms with Gasteiger partial charge in [-0.05, 0) is 36.6 Å². The fourth-order valence-electron chi connectivity index (χ4n) is 3.22. The lowest BCUT2D eigenvalue weighted by Gasteiger charge is -2.07. The van der Waals surface area contributed by atoms with Crippen LogP contribution in [0.5, 0.6) is 11.5 Å². The van der Waals surface area contributed by atoms with Crippen molar-refractivity contribution in [2.45, 2.75) is 11.6 Å². The number of nitrogens with two attached hydrogens (primary N) is 1. The van der Waals surface area contributed by atoms with Gasteiger partial charge in [-0.15, -0.1) is 11.8 Å². The molecule has 0 bridgehead atoms. The number of anilines is 2. The van der Waals surface area contributed by atoms with Crippen LogP contribution >= 0.6 is 11.8 Å². The number of halogens is 1. The molecule has 0 aliphatic rings. The summed E-state index contributed by atoms with van der Waals surface area (Å²) in [6.45, 7) is -0.232. The van der Waals surface area contributed by atoms with E-state index in [0.717, 1.165) is 0 Å². The first-order valence-electron chi connectivity index (χ1n) is 9.96. The van der Waals surface area contributed by atoms with Gasteiger partial charge in [-0.25, -0.2) is 9.07 Å². The topological polar surface area (TPSA) is 130 Å². The van der Waals surface area contributed by atoms with Crippen LogP contribution in [-0.4, -0.2) is 46.3 Å². The van der Waals surface area contributed by atoms with E-state index in [9.17, 15) is 9.18 Å². The Morgan fingerprint density at radius 1 is 1.21 bits per heavy atom. The first kappa shape index (κ1) is 23.1. The normalized spacial score (nSPS) is 10.8. The maximum Gasteiger partial charge on any atom is 0.264 e. The number of ether oxygens (including phenoxy) is 2. The highest BCUT2D eigenvalue weighted by Gasteiger charge is 2.24. The third-order valence-corrected chi connectivity index (χ3v) is 5.55. The summed E-state index contributed by atoms with van der Waals surface area (Å²) in [6.07, 6.45) is 1.81. The van der Waals surface area contributed by atoms with E-state index >= 15 is 0 Å². The lowest BCUT2D eigenvalue weighted by molar-refractivity contribution is -0.116. The molecule has 4 rings (SSSR count). The number of benzene rings is 2. The van der Waals surface area contributed by atoms with Crippen molar-refractivity contribution in [2.24, 2.45) is 0 Å². The molecular formula is C22H21FN6O4S. The van der Waals surface area contributed by atoms with Crippen LogP contribution in [0.25, 0.3) is 22.8 Å². The average Bonchev–Trinajstić information content (AvgIpc) is 3.44. The largest absolute Gasteiger partial charge is 0.493 e. The van der Waals surface area contributed by atoms with Crippen LogP contribution in [0.2, 0.25) is 0 Å². The van der Waals surface area contributed by atoms with Gasteiger partial charge in [0.05, 0.1) is 19.9 Å². The summed E-state index contributed by atoms with van der Waals surface area (Å²) in [6, 6.07) is 11.1. The van der Waals surface area contributed by atoms with E-state index in [0.29, 0.717) is 33.5 Å². The molecule has 34 heavy (non-hydrogen) atoms. The number of thioether (sulfide) groups is 1. The quantitative estimate of drug-likeness (QED) is 0.359. The molecule has 3 N–H and O–H groups in total. The number of rotatable bonds is 8. The minimum Gasteiger partial charge on any atom is -0.493 e. The maximum absolute atomic E-state index is 13.8. The molecule has 176 valence electrons. The van der Waals surface area contributed by atoms with Crippen molar-refractivity contribution in [1.29, 1.82) is 0 Å². The van der Waals surface area contributed by atoms with Gasteiger partial charge >= 0.3 is 0 Å². The summed E-state index contributed by atoms with van der Waals surface area (Å²) in [5.74, 6) is 0.678. The van der Waals surface area contributed by atoms with Crippen LogP contribution in [-0.2, 0) is 11.3 Å². The van der Waals surface area contributed by atoms with Crippen LogP contribution in [0.4, 0.5) is 15.9 Å². The number of hydrogen-bond donors (Lipinski definition) is 2. The average molecular weight is 485 g/mol. The molecule has 0 aliphatic carbocycles. The predicted octanol–water partition coefficient (Wildman–Crippen LogP) is 3.70. The molecule has 0 atom stereocenters.